The predicted molar refractivity (Wildman–Crippen MR) is 75.6 cm³/mol. The normalized spacial score (nSPS) is 10.2. The molecule has 3 nitrogen and oxygen atoms in total. The molecule has 0 aromatic carbocycles. The molecule has 0 unspecified atom stereocenters. The van der Waals surface area contributed by atoms with E-state index in [2.05, 4.69) is 19.2 Å². The molecule has 0 heterocycles. The average molecular weight is 247 g/mol. The van der Waals surface area contributed by atoms with Gasteiger partial charge in [0.1, 0.15) is 0 Å². The van der Waals surface area contributed by atoms with Crippen LogP contribution >= 0.6 is 0 Å². The molecular weight excluding hydrogens is 214 g/mol. The van der Waals surface area contributed by atoms with Gasteiger partial charge in [-0.3, -0.25) is 0 Å². The van der Waals surface area contributed by atoms with Crippen molar-refractivity contribution < 1.29 is 9.47 Å². The van der Waals surface area contributed by atoms with Gasteiger partial charge in [0.25, 0.3) is 0 Å². The molecule has 0 spiro atoms. The Morgan fingerprint density at radius 3 is 2.12 bits per heavy atom. The Balaban J connectivity index is 0. The molecule has 1 N–H and O–H groups in total. The summed E-state index contributed by atoms with van der Waals surface area (Å²) >= 11 is 0. The Morgan fingerprint density at radius 1 is 0.882 bits per heavy atom. The van der Waals surface area contributed by atoms with Gasteiger partial charge in [-0.2, -0.15) is 0 Å². The summed E-state index contributed by atoms with van der Waals surface area (Å²) in [6, 6.07) is 0. The van der Waals surface area contributed by atoms with Gasteiger partial charge in [0, 0.05) is 20.3 Å². The van der Waals surface area contributed by atoms with Crippen LogP contribution in [0.5, 0.6) is 0 Å². The molecule has 0 aliphatic carbocycles. The highest BCUT2D eigenvalue weighted by atomic mass is 16.5. The van der Waals surface area contributed by atoms with Crippen LogP contribution in [0.4, 0.5) is 0 Å². The summed E-state index contributed by atoms with van der Waals surface area (Å²) in [4.78, 5) is 0. The number of rotatable bonds is 11. The molecule has 0 aromatic rings. The van der Waals surface area contributed by atoms with E-state index in [0.29, 0.717) is 6.10 Å². The number of ether oxygens (including phenoxy) is 2. The van der Waals surface area contributed by atoms with Crippen LogP contribution in [-0.2, 0) is 9.47 Å². The summed E-state index contributed by atoms with van der Waals surface area (Å²) in [5.41, 5.74) is 0. The van der Waals surface area contributed by atoms with E-state index in [4.69, 9.17) is 9.47 Å². The van der Waals surface area contributed by atoms with E-state index < -0.39 is 0 Å². The van der Waals surface area contributed by atoms with E-state index in [1.54, 1.807) is 7.11 Å². The van der Waals surface area contributed by atoms with Crippen molar-refractivity contribution in [1.82, 2.24) is 5.32 Å². The topological polar surface area (TPSA) is 30.5 Å². The van der Waals surface area contributed by atoms with Crippen LogP contribution in [0.25, 0.3) is 0 Å². The van der Waals surface area contributed by atoms with Crippen molar-refractivity contribution in [3.8, 4) is 0 Å². The Kier molecular flexibility index (Phi) is 20.6. The molecule has 106 valence electrons. The number of unbranched alkanes of at least 4 members (excludes halogenated alkanes) is 3. The first-order chi connectivity index (χ1) is 8.27. The maximum atomic E-state index is 5.42. The zero-order valence-electron chi connectivity index (χ0n) is 12.6. The molecule has 0 saturated heterocycles. The molecule has 0 amide bonds. The second-order valence-corrected chi connectivity index (χ2v) is 4.08. The first kappa shape index (κ1) is 19.2. The van der Waals surface area contributed by atoms with Gasteiger partial charge < -0.3 is 14.8 Å². The highest BCUT2D eigenvalue weighted by Crippen LogP contribution is 1.98. The maximum Gasteiger partial charge on any atom is 0.0594 e. The van der Waals surface area contributed by atoms with E-state index in [1.807, 2.05) is 13.8 Å². The van der Waals surface area contributed by atoms with Gasteiger partial charge in [0.05, 0.1) is 12.7 Å². The second-order valence-electron chi connectivity index (χ2n) is 4.08. The minimum Gasteiger partial charge on any atom is -0.385 e. The Labute approximate surface area is 108 Å². The largest absolute Gasteiger partial charge is 0.385 e. The minimum atomic E-state index is 0.348. The summed E-state index contributed by atoms with van der Waals surface area (Å²) in [5.74, 6) is 0. The summed E-state index contributed by atoms with van der Waals surface area (Å²) < 4.78 is 10.4. The van der Waals surface area contributed by atoms with Gasteiger partial charge in [0.2, 0.25) is 0 Å². The molecular formula is C14H33NO2. The fourth-order valence-corrected chi connectivity index (χ4v) is 1.34. The van der Waals surface area contributed by atoms with E-state index in [-0.39, 0.29) is 0 Å². The van der Waals surface area contributed by atoms with Crippen LogP contribution in [0.1, 0.15) is 53.4 Å². The molecule has 0 atom stereocenters. The van der Waals surface area contributed by atoms with Gasteiger partial charge in [-0.15, -0.1) is 0 Å². The van der Waals surface area contributed by atoms with Crippen LogP contribution in [-0.4, -0.2) is 39.5 Å². The quantitative estimate of drug-likeness (QED) is 0.569. The van der Waals surface area contributed by atoms with Crippen LogP contribution in [0.3, 0.4) is 0 Å². The third-order valence-corrected chi connectivity index (χ3v) is 2.18. The van der Waals surface area contributed by atoms with Crippen molar-refractivity contribution in [3.63, 3.8) is 0 Å². The lowest BCUT2D eigenvalue weighted by Gasteiger charge is -2.08. The zero-order valence-corrected chi connectivity index (χ0v) is 12.6. The summed E-state index contributed by atoms with van der Waals surface area (Å²) in [6.07, 6.45) is 5.36. The van der Waals surface area contributed by atoms with Crippen molar-refractivity contribution in [1.29, 1.82) is 0 Å². The predicted octanol–water partition coefficient (Wildman–Crippen LogP) is 3.23. The van der Waals surface area contributed by atoms with Crippen molar-refractivity contribution in [2.45, 2.75) is 59.5 Å². The lowest BCUT2D eigenvalue weighted by molar-refractivity contribution is 0.0809. The van der Waals surface area contributed by atoms with Crippen LogP contribution in [0.2, 0.25) is 0 Å². The zero-order chi connectivity index (χ0) is 13.4. The number of hydrogen-bond donors (Lipinski definition) is 1. The van der Waals surface area contributed by atoms with E-state index >= 15 is 0 Å². The summed E-state index contributed by atoms with van der Waals surface area (Å²) in [5, 5.41) is 3.38. The molecule has 17 heavy (non-hydrogen) atoms. The van der Waals surface area contributed by atoms with Gasteiger partial charge >= 0.3 is 0 Å². The van der Waals surface area contributed by atoms with Crippen molar-refractivity contribution in [3.05, 3.63) is 0 Å². The van der Waals surface area contributed by atoms with Gasteiger partial charge in [-0.1, -0.05) is 26.7 Å². The number of methoxy groups -OCH3 is 1. The highest BCUT2D eigenvalue weighted by Gasteiger charge is 1.93. The Morgan fingerprint density at radius 2 is 1.53 bits per heavy atom. The number of hydrogen-bond acceptors (Lipinski definition) is 3. The van der Waals surface area contributed by atoms with Gasteiger partial charge in [0.15, 0.2) is 0 Å². The molecule has 0 fully saturated rings. The number of nitrogens with one attached hydrogen (secondary N) is 1. The molecule has 0 aromatic heterocycles. The van der Waals surface area contributed by atoms with Gasteiger partial charge in [-0.25, -0.2) is 0 Å². The van der Waals surface area contributed by atoms with Crippen molar-refractivity contribution in [2.75, 3.05) is 33.4 Å². The standard InChI is InChI=1S/C12H27NO2.C2H6/c1-12(2)15-11-9-13-8-6-4-5-7-10-14-3;1-2/h12-13H,4-11H2,1-3H3;1-2H3. The SMILES string of the molecule is CC.COCCCCCCNCCOC(C)C. The van der Waals surface area contributed by atoms with Crippen molar-refractivity contribution in [2.24, 2.45) is 0 Å². The molecule has 0 radical (unpaired) electrons. The Bertz CT molecular complexity index is 119. The lowest BCUT2D eigenvalue weighted by Crippen LogP contribution is -2.22. The fraction of sp³-hybridized carbons (Fsp3) is 1.00. The second kappa shape index (κ2) is 18.3. The molecule has 0 rings (SSSR count). The molecule has 0 aliphatic rings. The van der Waals surface area contributed by atoms with Crippen LogP contribution in [0.15, 0.2) is 0 Å². The lowest BCUT2D eigenvalue weighted by atomic mass is 10.2. The summed E-state index contributed by atoms with van der Waals surface area (Å²) in [6.45, 7) is 11.9. The van der Waals surface area contributed by atoms with Gasteiger partial charge in [-0.05, 0) is 33.2 Å². The molecule has 0 aliphatic heterocycles. The highest BCUT2D eigenvalue weighted by molar-refractivity contribution is 4.49. The van der Waals surface area contributed by atoms with E-state index in [1.165, 1.54) is 25.7 Å². The smallest absolute Gasteiger partial charge is 0.0594 e. The van der Waals surface area contributed by atoms with Crippen molar-refractivity contribution >= 4 is 0 Å². The maximum absolute atomic E-state index is 5.42. The average Bonchev–Trinajstić information content (AvgIpc) is 2.34. The van der Waals surface area contributed by atoms with E-state index in [0.717, 1.165) is 26.3 Å². The first-order valence-corrected chi connectivity index (χ1v) is 7.08. The van der Waals surface area contributed by atoms with Crippen LogP contribution in [0, 0.1) is 0 Å². The third kappa shape index (κ3) is 21.7. The van der Waals surface area contributed by atoms with Crippen LogP contribution < -0.4 is 5.32 Å². The minimum absolute atomic E-state index is 0.348. The fourth-order valence-electron chi connectivity index (χ4n) is 1.34. The first-order valence-electron chi connectivity index (χ1n) is 7.08. The Hall–Kier alpha value is -0.120. The molecule has 0 bridgehead atoms. The monoisotopic (exact) mass is 247 g/mol. The van der Waals surface area contributed by atoms with E-state index in [9.17, 15) is 0 Å². The summed E-state index contributed by atoms with van der Waals surface area (Å²) in [7, 11) is 1.76. The third-order valence-electron chi connectivity index (χ3n) is 2.18. The molecule has 3 heteroatoms. The molecule has 0 saturated carbocycles.